The molecular formula is C116H118N4. The maximum Gasteiger partial charge on any atom is 0.0816 e. The van der Waals surface area contributed by atoms with Crippen LogP contribution in [0.25, 0.3) is 178 Å². The van der Waals surface area contributed by atoms with Gasteiger partial charge in [-0.2, -0.15) is 0 Å². The summed E-state index contributed by atoms with van der Waals surface area (Å²) in [7, 11) is 0. The number of aromatic nitrogens is 4. The largest absolute Gasteiger partial charge is 0.353 e. The molecule has 8 bridgehead atoms. The third kappa shape index (κ3) is 15.0. The SMILES string of the molecule is CC(C)(C)c1ccc(-c2ccc(-c3c4nc(c(-c5ccc(-c6ccc(C(C)(C)C)cc6)cc5)c5[nH]c(c(-c6ccc(-c7ccc(C(C)(C)C)cc7)cc6)c6nc(c(-c7ccc(-c8ccc(C(C)(C)C)cc8)cc7)c7[nH]c3c3ccc(C(C)(C)C)cc73)-c3ccc(C(C)(C)C)cc3-6)c3ccc(C(C)(C)C)cc53)-c3ccc(C(C)(C)C)cc3-4)cc2)cc1. The van der Waals surface area contributed by atoms with Gasteiger partial charge in [0.15, 0.2) is 0 Å². The Kier molecular flexibility index (Phi) is 19.5. The zero-order valence-electron chi connectivity index (χ0n) is 75.3. The van der Waals surface area contributed by atoms with Crippen molar-refractivity contribution in [2.45, 2.75) is 209 Å². The summed E-state index contributed by atoms with van der Waals surface area (Å²) < 4.78 is 0. The molecule has 0 amide bonds. The van der Waals surface area contributed by atoms with Crippen LogP contribution < -0.4 is 0 Å². The molecule has 0 spiro atoms. The van der Waals surface area contributed by atoms with Crippen LogP contribution in [0.3, 0.4) is 0 Å². The minimum absolute atomic E-state index is 0.0134. The summed E-state index contributed by atoms with van der Waals surface area (Å²) in [5.74, 6) is 0. The molecule has 2 aromatic heterocycles. The van der Waals surface area contributed by atoms with Gasteiger partial charge >= 0.3 is 0 Å². The Labute approximate surface area is 713 Å². The van der Waals surface area contributed by atoms with Crippen LogP contribution in [0.15, 0.2) is 267 Å². The Morgan fingerprint density at radius 3 is 0.542 bits per heavy atom. The van der Waals surface area contributed by atoms with E-state index in [0.717, 1.165) is 155 Å². The van der Waals surface area contributed by atoms with Gasteiger partial charge in [-0.25, -0.2) is 9.97 Å². The van der Waals surface area contributed by atoms with Crippen molar-refractivity contribution < 1.29 is 0 Å². The van der Waals surface area contributed by atoms with Gasteiger partial charge in [0.2, 0.25) is 0 Å². The van der Waals surface area contributed by atoms with Gasteiger partial charge < -0.3 is 9.97 Å². The topological polar surface area (TPSA) is 57.4 Å². The highest BCUT2D eigenvalue weighted by molar-refractivity contribution is 6.22. The molecule has 2 aliphatic heterocycles. The summed E-state index contributed by atoms with van der Waals surface area (Å²) in [6, 6.07) is 103. The van der Waals surface area contributed by atoms with Gasteiger partial charge in [-0.05, 0) is 179 Å². The van der Waals surface area contributed by atoms with E-state index < -0.39 is 0 Å². The first-order valence-corrected chi connectivity index (χ1v) is 43.4. The van der Waals surface area contributed by atoms with Gasteiger partial charge in [-0.3, -0.25) is 0 Å². The monoisotopic (exact) mass is 1570 g/mol. The standard InChI is InChI=1S/C116H118N4/c1-109(2,3)81-49-41-73(42-50-81)69-25-33-77(34-26-69)97-101-89-61-57-86(114(16,17)18)66-94(89)106(117-101)99(79-37-29-71(30-38-79)75-45-53-83(54-46-75)111(7,8)9)103-91-63-59-88(116(22,23)24)68-96(91)108(119-103)100(80-39-31-72(32-40-80)76-47-55-84(56-48-76)112(10,11)12)104-92-64-60-87(115(19,20)21)67-95(92)107(120-104)98(102-90-62-58-85(113(13,14)15)65-93(90)105(97)118-102)78-35-27-70(28-36-78)74-43-51-82(52-44-74)110(4,5)6/h25-68,117,120H,1-24H3. The van der Waals surface area contributed by atoms with E-state index in [1.165, 1.54) is 66.8 Å². The Balaban J connectivity index is 1.11. The molecule has 12 aromatic carbocycles. The van der Waals surface area contributed by atoms with Gasteiger partial charge in [0.05, 0.1) is 44.8 Å². The van der Waals surface area contributed by atoms with Crippen molar-refractivity contribution in [1.82, 2.24) is 19.9 Å². The van der Waals surface area contributed by atoms with Crippen LogP contribution in [0.4, 0.5) is 0 Å². The van der Waals surface area contributed by atoms with Gasteiger partial charge in [0.25, 0.3) is 0 Å². The second-order valence-electron chi connectivity index (χ2n) is 42.5. The zero-order chi connectivity index (χ0) is 85.0. The molecule has 1 aliphatic carbocycles. The van der Waals surface area contributed by atoms with Crippen LogP contribution in [0.2, 0.25) is 0 Å². The molecule has 0 fully saturated rings. The van der Waals surface area contributed by atoms with Crippen molar-refractivity contribution in [2.24, 2.45) is 0 Å². The quantitative estimate of drug-likeness (QED) is 0.159. The predicted octanol–water partition coefficient (Wildman–Crippen LogP) is 33.0. The van der Waals surface area contributed by atoms with E-state index in [9.17, 15) is 0 Å². The molecule has 602 valence electrons. The summed E-state index contributed by atoms with van der Waals surface area (Å²) in [6.45, 7) is 55.5. The minimum Gasteiger partial charge on any atom is -0.353 e. The zero-order valence-corrected chi connectivity index (χ0v) is 75.3. The molecule has 0 radical (unpaired) electrons. The van der Waals surface area contributed by atoms with Crippen LogP contribution in [0.1, 0.15) is 211 Å². The van der Waals surface area contributed by atoms with E-state index >= 15 is 0 Å². The van der Waals surface area contributed by atoms with Crippen molar-refractivity contribution in [1.29, 1.82) is 0 Å². The van der Waals surface area contributed by atoms with Crippen LogP contribution in [0.5, 0.6) is 0 Å². The highest BCUT2D eigenvalue weighted by Crippen LogP contribution is 2.55. The fourth-order valence-electron chi connectivity index (χ4n) is 17.8. The number of nitrogens with zero attached hydrogens (tertiary/aromatic N) is 2. The van der Waals surface area contributed by atoms with E-state index in [-0.39, 0.29) is 43.3 Å². The summed E-state index contributed by atoms with van der Waals surface area (Å²) >= 11 is 0. The lowest BCUT2D eigenvalue weighted by atomic mass is 9.83. The van der Waals surface area contributed by atoms with Crippen LogP contribution >= 0.6 is 0 Å². The third-order valence-electron chi connectivity index (χ3n) is 25.6. The van der Waals surface area contributed by atoms with Gasteiger partial charge in [-0.1, -0.05) is 409 Å². The highest BCUT2D eigenvalue weighted by atomic mass is 14.8. The Morgan fingerprint density at radius 2 is 0.325 bits per heavy atom. The second-order valence-corrected chi connectivity index (χ2v) is 42.5. The Bertz CT molecular complexity index is 6290. The minimum atomic E-state index is -0.224. The first-order chi connectivity index (χ1) is 56.5. The van der Waals surface area contributed by atoms with E-state index in [2.05, 4.69) is 443 Å². The normalized spacial score (nSPS) is 13.0. The third-order valence-corrected chi connectivity index (χ3v) is 25.6. The van der Waals surface area contributed by atoms with Gasteiger partial charge in [0, 0.05) is 66.1 Å². The average Bonchev–Trinajstić information content (AvgIpc) is 1.55. The van der Waals surface area contributed by atoms with Crippen molar-refractivity contribution in [3.8, 4) is 134 Å². The maximum atomic E-state index is 6.51. The lowest BCUT2D eigenvalue weighted by Gasteiger charge is -2.20. The number of hydrogen-bond donors (Lipinski definition) is 2. The maximum absolute atomic E-state index is 6.51. The first kappa shape index (κ1) is 80.7. The van der Waals surface area contributed by atoms with Crippen LogP contribution in [-0.4, -0.2) is 19.9 Å². The summed E-state index contributed by atoms with van der Waals surface area (Å²) in [5.41, 5.74) is 38.5. The van der Waals surface area contributed by atoms with E-state index in [4.69, 9.17) is 9.97 Å². The number of hydrogen-bond acceptors (Lipinski definition) is 2. The van der Waals surface area contributed by atoms with Gasteiger partial charge in [0.1, 0.15) is 0 Å². The summed E-state index contributed by atoms with van der Waals surface area (Å²) in [6.07, 6.45) is 0. The summed E-state index contributed by atoms with van der Waals surface area (Å²) in [5, 5.41) is 4.39. The van der Waals surface area contributed by atoms with Crippen molar-refractivity contribution in [3.63, 3.8) is 0 Å². The predicted molar refractivity (Wildman–Crippen MR) is 518 cm³/mol. The Hall–Kier alpha value is -11.7. The van der Waals surface area contributed by atoms with Crippen molar-refractivity contribution in [2.75, 3.05) is 0 Å². The molecule has 14 aromatic rings. The number of rotatable bonds is 8. The lowest BCUT2D eigenvalue weighted by molar-refractivity contribution is 0.590. The molecule has 4 heterocycles. The molecule has 120 heavy (non-hydrogen) atoms. The number of aromatic amines is 2. The fraction of sp³-hybridized carbons (Fsp3) is 0.276. The molecule has 0 unspecified atom stereocenters. The molecule has 3 aliphatic rings. The smallest absolute Gasteiger partial charge is 0.0816 e. The molecule has 4 nitrogen and oxygen atoms in total. The van der Waals surface area contributed by atoms with Crippen LogP contribution in [0, 0.1) is 0 Å². The molecule has 0 saturated carbocycles. The molecule has 2 N–H and O–H groups in total. The van der Waals surface area contributed by atoms with E-state index in [1.807, 2.05) is 0 Å². The average molecular weight is 1570 g/mol. The number of nitrogens with one attached hydrogen (secondary N) is 2. The van der Waals surface area contributed by atoms with Crippen LogP contribution in [-0.2, 0) is 43.3 Å². The Morgan fingerprint density at radius 1 is 0.158 bits per heavy atom. The lowest BCUT2D eigenvalue weighted by Crippen LogP contribution is -2.10. The molecule has 0 atom stereocenters. The number of benzene rings is 12. The summed E-state index contributed by atoms with van der Waals surface area (Å²) in [4.78, 5) is 22.1. The molecule has 0 saturated heterocycles. The molecular weight excluding hydrogens is 1450 g/mol. The molecule has 17 rings (SSSR count). The first-order valence-electron chi connectivity index (χ1n) is 43.4. The van der Waals surface area contributed by atoms with E-state index in [1.54, 1.807) is 0 Å². The molecule has 4 heteroatoms. The van der Waals surface area contributed by atoms with Gasteiger partial charge in [-0.15, -0.1) is 0 Å². The fourth-order valence-corrected chi connectivity index (χ4v) is 17.8. The second kappa shape index (κ2) is 29.0. The highest BCUT2D eigenvalue weighted by Gasteiger charge is 2.34. The van der Waals surface area contributed by atoms with Crippen molar-refractivity contribution in [3.05, 3.63) is 311 Å². The van der Waals surface area contributed by atoms with Crippen molar-refractivity contribution >= 4 is 43.6 Å². The number of H-pyrrole nitrogens is 2. The van der Waals surface area contributed by atoms with E-state index in [0.29, 0.717) is 0 Å².